The second-order valence-electron chi connectivity index (χ2n) is 3.62. The van der Waals surface area contributed by atoms with Gasteiger partial charge in [0.15, 0.2) is 0 Å². The van der Waals surface area contributed by atoms with E-state index in [4.69, 9.17) is 0 Å². The average Bonchev–Trinajstić information content (AvgIpc) is 2.42. The predicted octanol–water partition coefficient (Wildman–Crippen LogP) is 3.28. The highest BCUT2D eigenvalue weighted by molar-refractivity contribution is 5.84. The van der Waals surface area contributed by atoms with Crippen LogP contribution in [-0.4, -0.2) is 4.57 Å². The number of aromatic nitrogens is 1. The van der Waals surface area contributed by atoms with E-state index in [1.54, 1.807) is 0 Å². The monoisotopic (exact) mass is 173 g/mol. The maximum absolute atomic E-state index is 2.30. The van der Waals surface area contributed by atoms with E-state index in [9.17, 15) is 0 Å². The van der Waals surface area contributed by atoms with Crippen LogP contribution in [0.15, 0.2) is 24.4 Å². The van der Waals surface area contributed by atoms with Crippen molar-refractivity contribution in [1.82, 2.24) is 4.57 Å². The van der Waals surface area contributed by atoms with Gasteiger partial charge in [-0.05, 0) is 38.0 Å². The maximum atomic E-state index is 2.30. The zero-order chi connectivity index (χ0) is 9.42. The van der Waals surface area contributed by atoms with Crippen molar-refractivity contribution in [2.45, 2.75) is 27.3 Å². The Bertz CT molecular complexity index is 438. The standard InChI is InChI=1S/C12H15N/c1-4-13-8-10(3)11-6-5-9(2)7-12(11)13/h5-8H,4H2,1-3H3. The summed E-state index contributed by atoms with van der Waals surface area (Å²) in [5.41, 5.74) is 4.07. The second-order valence-corrected chi connectivity index (χ2v) is 3.62. The number of aryl methyl sites for hydroxylation is 3. The molecule has 1 heterocycles. The van der Waals surface area contributed by atoms with Crippen molar-refractivity contribution in [3.8, 4) is 0 Å². The van der Waals surface area contributed by atoms with Gasteiger partial charge in [0.05, 0.1) is 0 Å². The Labute approximate surface area is 79.0 Å². The van der Waals surface area contributed by atoms with Gasteiger partial charge in [-0.15, -0.1) is 0 Å². The van der Waals surface area contributed by atoms with Gasteiger partial charge in [0.2, 0.25) is 0 Å². The maximum Gasteiger partial charge on any atom is 0.0485 e. The number of nitrogens with zero attached hydrogens (tertiary/aromatic N) is 1. The first kappa shape index (κ1) is 8.36. The number of fused-ring (bicyclic) bond motifs is 1. The summed E-state index contributed by atoms with van der Waals surface area (Å²) in [6.07, 6.45) is 2.23. The van der Waals surface area contributed by atoms with Crippen LogP contribution in [0, 0.1) is 13.8 Å². The molecule has 0 amide bonds. The third-order valence-electron chi connectivity index (χ3n) is 2.58. The topological polar surface area (TPSA) is 4.93 Å². The van der Waals surface area contributed by atoms with E-state index in [1.807, 2.05) is 0 Å². The highest BCUT2D eigenvalue weighted by atomic mass is 14.9. The van der Waals surface area contributed by atoms with E-state index in [0.717, 1.165) is 6.54 Å². The van der Waals surface area contributed by atoms with Crippen LogP contribution in [0.1, 0.15) is 18.1 Å². The molecule has 1 aromatic heterocycles. The lowest BCUT2D eigenvalue weighted by atomic mass is 10.1. The Morgan fingerprint density at radius 3 is 2.69 bits per heavy atom. The number of benzene rings is 1. The Balaban J connectivity index is 2.81. The third-order valence-corrected chi connectivity index (χ3v) is 2.58. The van der Waals surface area contributed by atoms with Crippen molar-refractivity contribution < 1.29 is 0 Å². The van der Waals surface area contributed by atoms with Crippen LogP contribution in [0.25, 0.3) is 10.9 Å². The van der Waals surface area contributed by atoms with E-state index < -0.39 is 0 Å². The van der Waals surface area contributed by atoms with Crippen LogP contribution < -0.4 is 0 Å². The first-order valence-electron chi connectivity index (χ1n) is 4.78. The van der Waals surface area contributed by atoms with E-state index in [1.165, 1.54) is 22.0 Å². The first-order chi connectivity index (χ1) is 6.22. The van der Waals surface area contributed by atoms with Crippen molar-refractivity contribution in [3.05, 3.63) is 35.5 Å². The number of rotatable bonds is 1. The summed E-state index contributed by atoms with van der Waals surface area (Å²) in [6.45, 7) is 7.54. The minimum absolute atomic E-state index is 1.05. The van der Waals surface area contributed by atoms with Crippen LogP contribution in [0.2, 0.25) is 0 Å². The zero-order valence-corrected chi connectivity index (χ0v) is 8.46. The van der Waals surface area contributed by atoms with Crippen LogP contribution in [-0.2, 0) is 6.54 Å². The van der Waals surface area contributed by atoms with Gasteiger partial charge >= 0.3 is 0 Å². The molecule has 1 aromatic carbocycles. The molecule has 0 radical (unpaired) electrons. The van der Waals surface area contributed by atoms with Gasteiger partial charge in [0, 0.05) is 23.6 Å². The van der Waals surface area contributed by atoms with E-state index >= 15 is 0 Å². The molecule has 2 rings (SSSR count). The molecule has 0 saturated heterocycles. The summed E-state index contributed by atoms with van der Waals surface area (Å²) < 4.78 is 2.30. The molecular formula is C12H15N. The molecule has 0 unspecified atom stereocenters. The number of hydrogen-bond acceptors (Lipinski definition) is 0. The molecule has 0 aliphatic carbocycles. The Kier molecular flexibility index (Phi) is 1.87. The van der Waals surface area contributed by atoms with Gasteiger partial charge in [-0.2, -0.15) is 0 Å². The Hall–Kier alpha value is -1.24. The van der Waals surface area contributed by atoms with Gasteiger partial charge in [-0.25, -0.2) is 0 Å². The molecule has 0 atom stereocenters. The van der Waals surface area contributed by atoms with Crippen molar-refractivity contribution in [2.24, 2.45) is 0 Å². The minimum atomic E-state index is 1.05. The van der Waals surface area contributed by atoms with Crippen LogP contribution in [0.3, 0.4) is 0 Å². The fourth-order valence-electron chi connectivity index (χ4n) is 1.85. The lowest BCUT2D eigenvalue weighted by molar-refractivity contribution is 0.795. The molecule has 13 heavy (non-hydrogen) atoms. The van der Waals surface area contributed by atoms with Crippen molar-refractivity contribution in [1.29, 1.82) is 0 Å². The molecule has 0 fully saturated rings. The van der Waals surface area contributed by atoms with Crippen molar-refractivity contribution in [3.63, 3.8) is 0 Å². The smallest absolute Gasteiger partial charge is 0.0485 e. The van der Waals surface area contributed by atoms with Crippen LogP contribution in [0.4, 0.5) is 0 Å². The molecule has 0 N–H and O–H groups in total. The second kappa shape index (κ2) is 2.91. The van der Waals surface area contributed by atoms with Gasteiger partial charge in [0.1, 0.15) is 0 Å². The fourth-order valence-corrected chi connectivity index (χ4v) is 1.85. The van der Waals surface area contributed by atoms with Crippen LogP contribution >= 0.6 is 0 Å². The summed E-state index contributed by atoms with van der Waals surface area (Å²) in [6, 6.07) is 6.65. The summed E-state index contributed by atoms with van der Waals surface area (Å²) in [5, 5.41) is 1.38. The average molecular weight is 173 g/mol. The first-order valence-corrected chi connectivity index (χ1v) is 4.78. The molecule has 0 bridgehead atoms. The van der Waals surface area contributed by atoms with E-state index in [0.29, 0.717) is 0 Å². The van der Waals surface area contributed by atoms with Crippen molar-refractivity contribution >= 4 is 10.9 Å². The lowest BCUT2D eigenvalue weighted by Gasteiger charge is -2.00. The lowest BCUT2D eigenvalue weighted by Crippen LogP contribution is -1.90. The van der Waals surface area contributed by atoms with E-state index in [2.05, 4.69) is 49.7 Å². The largest absolute Gasteiger partial charge is 0.347 e. The van der Waals surface area contributed by atoms with Gasteiger partial charge < -0.3 is 4.57 Å². The predicted molar refractivity (Wildman–Crippen MR) is 57.1 cm³/mol. The summed E-state index contributed by atoms with van der Waals surface area (Å²) in [7, 11) is 0. The Morgan fingerprint density at radius 1 is 1.23 bits per heavy atom. The molecule has 0 aliphatic heterocycles. The quantitative estimate of drug-likeness (QED) is 0.623. The van der Waals surface area contributed by atoms with Gasteiger partial charge in [-0.3, -0.25) is 0 Å². The fraction of sp³-hybridized carbons (Fsp3) is 0.333. The van der Waals surface area contributed by atoms with E-state index in [-0.39, 0.29) is 0 Å². The van der Waals surface area contributed by atoms with Gasteiger partial charge in [0.25, 0.3) is 0 Å². The normalized spacial score (nSPS) is 11.0. The summed E-state index contributed by atoms with van der Waals surface area (Å²) in [5.74, 6) is 0. The summed E-state index contributed by atoms with van der Waals surface area (Å²) >= 11 is 0. The molecule has 1 heteroatoms. The highest BCUT2D eigenvalue weighted by Gasteiger charge is 2.02. The zero-order valence-electron chi connectivity index (χ0n) is 8.46. The molecule has 68 valence electrons. The SMILES string of the molecule is CCn1cc(C)c2ccc(C)cc21. The van der Waals surface area contributed by atoms with Crippen LogP contribution in [0.5, 0.6) is 0 Å². The molecule has 2 aromatic rings. The minimum Gasteiger partial charge on any atom is -0.347 e. The highest BCUT2D eigenvalue weighted by Crippen LogP contribution is 2.21. The molecular weight excluding hydrogens is 158 g/mol. The molecule has 0 spiro atoms. The molecule has 0 saturated carbocycles. The van der Waals surface area contributed by atoms with Crippen molar-refractivity contribution in [2.75, 3.05) is 0 Å². The molecule has 1 nitrogen and oxygen atoms in total. The summed E-state index contributed by atoms with van der Waals surface area (Å²) in [4.78, 5) is 0. The molecule has 0 aliphatic rings. The van der Waals surface area contributed by atoms with Gasteiger partial charge in [-0.1, -0.05) is 12.1 Å². The third kappa shape index (κ3) is 1.24. The number of hydrogen-bond donors (Lipinski definition) is 0. The Morgan fingerprint density at radius 2 is 2.00 bits per heavy atom.